The van der Waals surface area contributed by atoms with Crippen molar-refractivity contribution in [3.63, 3.8) is 0 Å². The van der Waals surface area contributed by atoms with Crippen LogP contribution in [0.3, 0.4) is 0 Å². The molecular weight excluding hydrogens is 211 g/mol. The lowest BCUT2D eigenvalue weighted by atomic mass is 10.1. The van der Waals surface area contributed by atoms with Crippen LogP contribution in [0.15, 0.2) is 0 Å². The van der Waals surface area contributed by atoms with Crippen molar-refractivity contribution in [1.29, 1.82) is 0 Å². The minimum absolute atomic E-state index is 0.102. The molecule has 13 heavy (non-hydrogen) atoms. The van der Waals surface area contributed by atoms with Crippen LogP contribution < -0.4 is 0 Å². The van der Waals surface area contributed by atoms with Crippen molar-refractivity contribution in [2.24, 2.45) is 17.3 Å². The maximum Gasteiger partial charge on any atom is 0.307 e. The Morgan fingerprint density at radius 1 is 1.54 bits per heavy atom. The molecule has 1 rings (SSSR count). The Labute approximate surface area is 88.2 Å². The van der Waals surface area contributed by atoms with E-state index in [0.29, 0.717) is 6.42 Å². The Morgan fingerprint density at radius 2 is 2.00 bits per heavy atom. The van der Waals surface area contributed by atoms with Crippen LogP contribution >= 0.6 is 23.2 Å². The molecule has 0 heterocycles. The molecule has 0 spiro atoms. The van der Waals surface area contributed by atoms with Gasteiger partial charge in [-0.25, -0.2) is 0 Å². The summed E-state index contributed by atoms with van der Waals surface area (Å²) in [6, 6.07) is 0. The molecule has 0 unspecified atom stereocenters. The van der Waals surface area contributed by atoms with Gasteiger partial charge in [0.2, 0.25) is 0 Å². The van der Waals surface area contributed by atoms with E-state index in [4.69, 9.17) is 28.3 Å². The van der Waals surface area contributed by atoms with Crippen LogP contribution in [0.4, 0.5) is 0 Å². The molecule has 2 nitrogen and oxygen atoms in total. The summed E-state index contributed by atoms with van der Waals surface area (Å²) in [5.74, 6) is -0.929. The number of rotatable bonds is 3. The number of hydrogen-bond acceptors (Lipinski definition) is 1. The molecule has 76 valence electrons. The van der Waals surface area contributed by atoms with E-state index < -0.39 is 10.3 Å². The van der Waals surface area contributed by atoms with Gasteiger partial charge >= 0.3 is 5.97 Å². The van der Waals surface area contributed by atoms with Gasteiger partial charge in [-0.2, -0.15) is 0 Å². The van der Waals surface area contributed by atoms with Crippen LogP contribution in [-0.4, -0.2) is 15.4 Å². The molecule has 0 aromatic rings. The summed E-state index contributed by atoms with van der Waals surface area (Å²) < 4.78 is -0.813. The van der Waals surface area contributed by atoms with Crippen molar-refractivity contribution in [2.75, 3.05) is 0 Å². The number of hydrogen-bond donors (Lipinski definition) is 1. The molecule has 1 N–H and O–H groups in total. The van der Waals surface area contributed by atoms with Crippen LogP contribution in [0.5, 0.6) is 0 Å². The summed E-state index contributed by atoms with van der Waals surface area (Å²) >= 11 is 11.7. The Hall–Kier alpha value is 0.0500. The number of alkyl halides is 2. The number of aliphatic carboxylic acids is 1. The van der Waals surface area contributed by atoms with E-state index in [2.05, 4.69) is 0 Å². The molecule has 0 radical (unpaired) electrons. The van der Waals surface area contributed by atoms with Gasteiger partial charge in [-0.1, -0.05) is 13.8 Å². The summed E-state index contributed by atoms with van der Waals surface area (Å²) in [7, 11) is 0. The van der Waals surface area contributed by atoms with Crippen molar-refractivity contribution in [2.45, 2.75) is 31.5 Å². The molecule has 2 atom stereocenters. The minimum atomic E-state index is -0.813. The Morgan fingerprint density at radius 3 is 2.23 bits per heavy atom. The van der Waals surface area contributed by atoms with Gasteiger partial charge in [0.15, 0.2) is 0 Å². The molecule has 0 bridgehead atoms. The highest BCUT2D eigenvalue weighted by Gasteiger charge is 2.62. The van der Waals surface area contributed by atoms with Gasteiger partial charge in [-0.15, -0.1) is 23.2 Å². The molecule has 0 amide bonds. The molecule has 1 aliphatic rings. The Balaban J connectivity index is 2.61. The van der Waals surface area contributed by atoms with Crippen molar-refractivity contribution in [1.82, 2.24) is 0 Å². The average Bonchev–Trinajstić information content (AvgIpc) is 2.28. The SMILES string of the molecule is CC(Cl)(Cl)C[C@H]1[C@@H](C(=O)O)C1(C)C. The Kier molecular flexibility index (Phi) is 2.59. The highest BCUT2D eigenvalue weighted by molar-refractivity contribution is 6.48. The number of carboxylic acid groups (broad SMARTS) is 1. The lowest BCUT2D eigenvalue weighted by molar-refractivity contribution is -0.139. The van der Waals surface area contributed by atoms with E-state index in [1.54, 1.807) is 6.92 Å². The molecule has 0 aromatic heterocycles. The largest absolute Gasteiger partial charge is 0.481 e. The maximum absolute atomic E-state index is 10.8. The van der Waals surface area contributed by atoms with Crippen LogP contribution in [0.25, 0.3) is 0 Å². The topological polar surface area (TPSA) is 37.3 Å². The zero-order valence-corrected chi connectivity index (χ0v) is 9.49. The second kappa shape index (κ2) is 3.03. The summed E-state index contributed by atoms with van der Waals surface area (Å²) in [5, 5.41) is 8.87. The van der Waals surface area contributed by atoms with Gasteiger partial charge in [0.25, 0.3) is 0 Å². The molecule has 0 aromatic carbocycles. The quantitative estimate of drug-likeness (QED) is 0.749. The van der Waals surface area contributed by atoms with Crippen LogP contribution in [0.1, 0.15) is 27.2 Å². The van der Waals surface area contributed by atoms with E-state index in [1.165, 1.54) is 0 Å². The van der Waals surface area contributed by atoms with Crippen molar-refractivity contribution in [3.05, 3.63) is 0 Å². The zero-order chi connectivity index (χ0) is 10.4. The van der Waals surface area contributed by atoms with E-state index in [0.717, 1.165) is 0 Å². The fraction of sp³-hybridized carbons (Fsp3) is 0.889. The summed E-state index contributed by atoms with van der Waals surface area (Å²) in [6.07, 6.45) is 0.542. The molecular formula is C9H14Cl2O2. The first-order valence-electron chi connectivity index (χ1n) is 4.27. The third-order valence-electron chi connectivity index (χ3n) is 2.89. The molecule has 1 aliphatic carbocycles. The summed E-state index contributed by atoms with van der Waals surface area (Å²) in [5.41, 5.74) is -0.156. The zero-order valence-electron chi connectivity index (χ0n) is 7.97. The lowest BCUT2D eigenvalue weighted by Gasteiger charge is -2.13. The molecule has 4 heteroatoms. The Bertz CT molecular complexity index is 230. The number of halogens is 2. The van der Waals surface area contributed by atoms with Gasteiger partial charge < -0.3 is 5.11 Å². The molecule has 0 saturated heterocycles. The van der Waals surface area contributed by atoms with E-state index in [1.807, 2.05) is 13.8 Å². The molecule has 1 fully saturated rings. The highest BCUT2D eigenvalue weighted by Crippen LogP contribution is 2.62. The molecule has 0 aliphatic heterocycles. The normalized spacial score (nSPS) is 31.5. The van der Waals surface area contributed by atoms with E-state index >= 15 is 0 Å². The first-order valence-corrected chi connectivity index (χ1v) is 5.02. The minimum Gasteiger partial charge on any atom is -0.481 e. The standard InChI is InChI=1S/C9H14Cl2O2/c1-8(2)5(4-9(3,10)11)6(8)7(12)13/h5-6H,4H2,1-3H3,(H,12,13)/t5-,6-/m0/s1. The van der Waals surface area contributed by atoms with Crippen LogP contribution in [0, 0.1) is 17.3 Å². The maximum atomic E-state index is 10.8. The van der Waals surface area contributed by atoms with Gasteiger partial charge in [0.05, 0.1) is 5.92 Å². The molecule has 1 saturated carbocycles. The predicted molar refractivity (Wildman–Crippen MR) is 53.1 cm³/mol. The summed E-state index contributed by atoms with van der Waals surface area (Å²) in [4.78, 5) is 10.8. The van der Waals surface area contributed by atoms with Gasteiger partial charge in [-0.05, 0) is 24.7 Å². The van der Waals surface area contributed by atoms with Crippen molar-refractivity contribution in [3.8, 4) is 0 Å². The lowest BCUT2D eigenvalue weighted by Crippen LogP contribution is -2.09. The monoisotopic (exact) mass is 224 g/mol. The first kappa shape index (κ1) is 11.1. The number of carboxylic acids is 1. The van der Waals surface area contributed by atoms with Crippen LogP contribution in [-0.2, 0) is 4.79 Å². The predicted octanol–water partition coefficient (Wildman–Crippen LogP) is 2.93. The highest BCUT2D eigenvalue weighted by atomic mass is 35.5. The van der Waals surface area contributed by atoms with Crippen LogP contribution in [0.2, 0.25) is 0 Å². The third kappa shape index (κ3) is 2.29. The smallest absolute Gasteiger partial charge is 0.307 e. The van der Waals surface area contributed by atoms with Crippen molar-refractivity contribution >= 4 is 29.2 Å². The van der Waals surface area contributed by atoms with Gasteiger partial charge in [0.1, 0.15) is 4.33 Å². The number of carbonyl (C=O) groups is 1. The fourth-order valence-corrected chi connectivity index (χ4v) is 2.33. The second-order valence-corrected chi connectivity index (χ2v) is 6.38. The first-order chi connectivity index (χ1) is 5.66. The second-order valence-electron chi connectivity index (χ2n) is 4.52. The van der Waals surface area contributed by atoms with E-state index in [9.17, 15) is 4.79 Å². The summed E-state index contributed by atoms with van der Waals surface area (Å²) in [6.45, 7) is 5.58. The van der Waals surface area contributed by atoms with E-state index in [-0.39, 0.29) is 17.3 Å². The fourth-order valence-electron chi connectivity index (χ4n) is 2.00. The third-order valence-corrected chi connectivity index (χ3v) is 3.20. The average molecular weight is 225 g/mol. The van der Waals surface area contributed by atoms with Gasteiger partial charge in [-0.3, -0.25) is 4.79 Å². The van der Waals surface area contributed by atoms with Crippen molar-refractivity contribution < 1.29 is 9.90 Å². The van der Waals surface area contributed by atoms with Gasteiger partial charge in [0, 0.05) is 0 Å².